The molecule has 27 heavy (non-hydrogen) atoms. The molecular weight excluding hydrogens is 366 g/mol. The Labute approximate surface area is 158 Å². The Hall–Kier alpha value is -3.13. The average Bonchev–Trinajstić information content (AvgIpc) is 3.11. The van der Waals surface area contributed by atoms with Gasteiger partial charge in [-0.05, 0) is 30.7 Å². The van der Waals surface area contributed by atoms with E-state index in [1.165, 1.54) is 10.6 Å². The number of aromatic nitrogens is 2. The Balaban J connectivity index is 1.91. The number of carbonyl (C=O) groups excluding carboxylic acids is 1. The lowest BCUT2D eigenvalue weighted by Crippen LogP contribution is -2.38. The number of fused-ring (bicyclic) bond motifs is 1. The lowest BCUT2D eigenvalue weighted by atomic mass is 10.2. The standard InChI is InChI=1S/C19H19N3O4S/c1-3-4-9-22-17(25)14-10-15(27-18(14)21(2)19(22)26)16(24)20-11-12-5-7-13(23)8-6-12/h3-8,10,23H,9,11H2,1-2H3,(H,20,24)/b4-3+. The largest absolute Gasteiger partial charge is 0.508 e. The number of aryl methyl sites for hydroxylation is 1. The summed E-state index contributed by atoms with van der Waals surface area (Å²) < 4.78 is 2.54. The van der Waals surface area contributed by atoms with Crippen molar-refractivity contribution in [2.24, 2.45) is 7.05 Å². The highest BCUT2D eigenvalue weighted by molar-refractivity contribution is 7.20. The maximum absolute atomic E-state index is 12.6. The Bertz CT molecular complexity index is 1140. The minimum Gasteiger partial charge on any atom is -0.508 e. The fraction of sp³-hybridized carbons (Fsp3) is 0.211. The van der Waals surface area contributed by atoms with Gasteiger partial charge in [0.1, 0.15) is 10.6 Å². The van der Waals surface area contributed by atoms with Crippen LogP contribution < -0.4 is 16.6 Å². The van der Waals surface area contributed by atoms with Crippen molar-refractivity contribution in [3.05, 3.63) is 73.8 Å². The number of phenolic OH excluding ortho intramolecular Hbond substituents is 1. The van der Waals surface area contributed by atoms with Gasteiger partial charge in [0.15, 0.2) is 0 Å². The van der Waals surface area contributed by atoms with Gasteiger partial charge in [0.05, 0.1) is 10.3 Å². The van der Waals surface area contributed by atoms with Gasteiger partial charge in [-0.2, -0.15) is 0 Å². The van der Waals surface area contributed by atoms with Crippen molar-refractivity contribution in [1.29, 1.82) is 0 Å². The summed E-state index contributed by atoms with van der Waals surface area (Å²) in [7, 11) is 1.59. The average molecular weight is 385 g/mol. The zero-order chi connectivity index (χ0) is 19.6. The molecule has 2 heterocycles. The summed E-state index contributed by atoms with van der Waals surface area (Å²) in [4.78, 5) is 38.3. The van der Waals surface area contributed by atoms with Gasteiger partial charge in [-0.3, -0.25) is 18.7 Å². The maximum atomic E-state index is 12.6. The molecule has 1 amide bonds. The number of phenols is 1. The molecule has 3 aromatic rings. The van der Waals surface area contributed by atoms with Gasteiger partial charge >= 0.3 is 5.69 Å². The minimum absolute atomic E-state index is 0.157. The van der Waals surface area contributed by atoms with Crippen molar-refractivity contribution in [1.82, 2.24) is 14.5 Å². The van der Waals surface area contributed by atoms with Crippen LogP contribution in [0.3, 0.4) is 0 Å². The molecule has 0 aliphatic rings. The van der Waals surface area contributed by atoms with Crippen LogP contribution in [0.4, 0.5) is 0 Å². The van der Waals surface area contributed by atoms with E-state index in [2.05, 4.69) is 5.32 Å². The molecule has 3 rings (SSSR count). The van der Waals surface area contributed by atoms with Gasteiger partial charge in [-0.15, -0.1) is 11.3 Å². The number of thiophene rings is 1. The van der Waals surface area contributed by atoms with Crippen LogP contribution in [-0.2, 0) is 20.1 Å². The van der Waals surface area contributed by atoms with E-state index >= 15 is 0 Å². The summed E-state index contributed by atoms with van der Waals surface area (Å²) in [6.07, 6.45) is 3.50. The van der Waals surface area contributed by atoms with Crippen molar-refractivity contribution >= 4 is 27.5 Å². The van der Waals surface area contributed by atoms with Gasteiger partial charge in [0, 0.05) is 20.1 Å². The Morgan fingerprint density at radius 2 is 1.96 bits per heavy atom. The summed E-state index contributed by atoms with van der Waals surface area (Å²) in [6, 6.07) is 8.04. The number of rotatable bonds is 5. The molecular formula is C19H19N3O4S. The third-order valence-electron chi connectivity index (χ3n) is 4.15. The predicted molar refractivity (Wildman–Crippen MR) is 105 cm³/mol. The van der Waals surface area contributed by atoms with Crippen LogP contribution in [0.5, 0.6) is 5.75 Å². The first-order valence-electron chi connectivity index (χ1n) is 8.33. The second-order valence-electron chi connectivity index (χ2n) is 6.00. The highest BCUT2D eigenvalue weighted by Gasteiger charge is 2.17. The van der Waals surface area contributed by atoms with Crippen LogP contribution in [0.25, 0.3) is 10.2 Å². The summed E-state index contributed by atoms with van der Waals surface area (Å²) in [5, 5.41) is 12.4. The zero-order valence-corrected chi connectivity index (χ0v) is 15.7. The number of nitrogens with zero attached hydrogens (tertiary/aromatic N) is 2. The molecule has 0 fully saturated rings. The predicted octanol–water partition coefficient (Wildman–Crippen LogP) is 1.97. The molecule has 2 N–H and O–H groups in total. The van der Waals surface area contributed by atoms with E-state index in [-0.39, 0.29) is 24.7 Å². The van der Waals surface area contributed by atoms with Gasteiger partial charge in [-0.1, -0.05) is 24.3 Å². The van der Waals surface area contributed by atoms with Gasteiger partial charge in [0.25, 0.3) is 11.5 Å². The lowest BCUT2D eigenvalue weighted by Gasteiger charge is -2.05. The van der Waals surface area contributed by atoms with Crippen molar-refractivity contribution in [3.8, 4) is 5.75 Å². The Morgan fingerprint density at radius 1 is 1.26 bits per heavy atom. The molecule has 140 valence electrons. The number of hydrogen-bond donors (Lipinski definition) is 2. The minimum atomic E-state index is -0.413. The number of hydrogen-bond acceptors (Lipinski definition) is 5. The van der Waals surface area contributed by atoms with Gasteiger partial charge in [-0.25, -0.2) is 4.79 Å². The van der Waals surface area contributed by atoms with E-state index < -0.39 is 11.2 Å². The van der Waals surface area contributed by atoms with Crippen molar-refractivity contribution in [3.63, 3.8) is 0 Å². The topological polar surface area (TPSA) is 93.3 Å². The number of carbonyl (C=O) groups is 1. The fourth-order valence-electron chi connectivity index (χ4n) is 2.65. The smallest absolute Gasteiger partial charge is 0.332 e. The van der Waals surface area contributed by atoms with Crippen molar-refractivity contribution < 1.29 is 9.90 Å². The second kappa shape index (κ2) is 7.63. The molecule has 0 atom stereocenters. The van der Waals surface area contributed by atoms with E-state index in [0.717, 1.165) is 21.5 Å². The van der Waals surface area contributed by atoms with Gasteiger partial charge < -0.3 is 10.4 Å². The third-order valence-corrected chi connectivity index (χ3v) is 5.36. The fourth-order valence-corrected chi connectivity index (χ4v) is 3.67. The highest BCUT2D eigenvalue weighted by atomic mass is 32.1. The first-order valence-corrected chi connectivity index (χ1v) is 9.14. The Kier molecular flexibility index (Phi) is 5.27. The molecule has 8 heteroatoms. The summed E-state index contributed by atoms with van der Waals surface area (Å²) in [5.41, 5.74) is 0.0203. The van der Waals surface area contributed by atoms with Gasteiger partial charge in [0.2, 0.25) is 0 Å². The van der Waals surface area contributed by atoms with E-state index in [1.54, 1.807) is 43.5 Å². The van der Waals surface area contributed by atoms with Crippen LogP contribution in [0.1, 0.15) is 22.2 Å². The van der Waals surface area contributed by atoms with E-state index in [1.807, 2.05) is 6.92 Å². The molecule has 0 aliphatic heterocycles. The first kappa shape index (κ1) is 18.7. The SMILES string of the molecule is C/C=C/Cn1c(=O)c2cc(C(=O)NCc3ccc(O)cc3)sc2n(C)c1=O. The van der Waals surface area contributed by atoms with Crippen LogP contribution >= 0.6 is 11.3 Å². The molecule has 2 aromatic heterocycles. The third kappa shape index (κ3) is 3.70. The number of benzene rings is 1. The van der Waals surface area contributed by atoms with Crippen LogP contribution in [0.2, 0.25) is 0 Å². The summed E-state index contributed by atoms with van der Waals surface area (Å²) in [6.45, 7) is 2.29. The number of amides is 1. The maximum Gasteiger partial charge on any atom is 0.332 e. The highest BCUT2D eigenvalue weighted by Crippen LogP contribution is 2.21. The number of nitrogens with one attached hydrogen (secondary N) is 1. The van der Waals surface area contributed by atoms with E-state index in [9.17, 15) is 19.5 Å². The molecule has 0 radical (unpaired) electrons. The van der Waals surface area contributed by atoms with Crippen LogP contribution in [0, 0.1) is 0 Å². The second-order valence-corrected chi connectivity index (χ2v) is 7.04. The molecule has 0 saturated heterocycles. The number of allylic oxidation sites excluding steroid dienone is 2. The van der Waals surface area contributed by atoms with Crippen LogP contribution in [-0.4, -0.2) is 20.1 Å². The molecule has 0 bridgehead atoms. The quantitative estimate of drug-likeness (QED) is 0.657. The van der Waals surface area contributed by atoms with E-state index in [4.69, 9.17) is 0 Å². The number of aromatic hydroxyl groups is 1. The molecule has 0 aliphatic carbocycles. The monoisotopic (exact) mass is 385 g/mol. The lowest BCUT2D eigenvalue weighted by molar-refractivity contribution is 0.0955. The van der Waals surface area contributed by atoms with Crippen LogP contribution in [0.15, 0.2) is 52.1 Å². The summed E-state index contributed by atoms with van der Waals surface area (Å²) in [5.74, 6) is -0.166. The van der Waals surface area contributed by atoms with Crippen molar-refractivity contribution in [2.45, 2.75) is 20.0 Å². The molecule has 7 nitrogen and oxygen atoms in total. The van der Waals surface area contributed by atoms with Crippen molar-refractivity contribution in [2.75, 3.05) is 0 Å². The normalized spacial score (nSPS) is 11.3. The Morgan fingerprint density at radius 3 is 2.63 bits per heavy atom. The molecule has 0 unspecified atom stereocenters. The zero-order valence-electron chi connectivity index (χ0n) is 14.9. The first-order chi connectivity index (χ1) is 12.9. The molecule has 0 saturated carbocycles. The molecule has 0 spiro atoms. The van der Waals surface area contributed by atoms with E-state index in [0.29, 0.717) is 15.1 Å². The summed E-state index contributed by atoms with van der Waals surface area (Å²) >= 11 is 1.11. The molecule has 1 aromatic carbocycles.